The fraction of sp³-hybridized carbons (Fsp3) is 0.429. The monoisotopic (exact) mass is 279 g/mol. The minimum atomic E-state index is -0.726. The van der Waals surface area contributed by atoms with E-state index in [0.29, 0.717) is 19.3 Å². The molecular weight excluding hydrogens is 265 g/mol. The molecule has 3 rings (SSSR count). The normalized spacial score (nSPS) is 17.9. The van der Waals surface area contributed by atoms with Crippen LogP contribution in [-0.2, 0) is 11.2 Å². The zero-order valence-corrected chi connectivity index (χ0v) is 11.2. The molecule has 0 amide bonds. The maximum absolute atomic E-state index is 13.1. The zero-order chi connectivity index (χ0) is 13.5. The second-order valence-corrected chi connectivity index (χ2v) is 6.30. The molecule has 0 bridgehead atoms. The van der Waals surface area contributed by atoms with Gasteiger partial charge >= 0.3 is 5.97 Å². The summed E-state index contributed by atoms with van der Waals surface area (Å²) >= 11 is 1.40. The van der Waals surface area contributed by atoms with E-state index in [9.17, 15) is 14.3 Å². The van der Waals surface area contributed by atoms with Gasteiger partial charge in [-0.25, -0.2) is 9.37 Å². The van der Waals surface area contributed by atoms with Crippen molar-refractivity contribution in [1.82, 2.24) is 4.98 Å². The number of benzene rings is 1. The maximum Gasteiger partial charge on any atom is 0.310 e. The number of nitrogens with zero attached hydrogens (tertiary/aromatic N) is 1. The van der Waals surface area contributed by atoms with E-state index >= 15 is 0 Å². The molecule has 0 saturated heterocycles. The second kappa shape index (κ2) is 4.56. The van der Waals surface area contributed by atoms with Crippen molar-refractivity contribution < 1.29 is 14.3 Å². The zero-order valence-electron chi connectivity index (χ0n) is 10.4. The van der Waals surface area contributed by atoms with Crippen molar-refractivity contribution in [2.75, 3.05) is 0 Å². The lowest BCUT2D eigenvalue weighted by Gasteiger charge is -2.21. The molecule has 0 spiro atoms. The highest BCUT2D eigenvalue weighted by Crippen LogP contribution is 2.42. The highest BCUT2D eigenvalue weighted by molar-refractivity contribution is 7.18. The molecule has 0 aliphatic heterocycles. The number of carbonyl (C=O) groups is 1. The van der Waals surface area contributed by atoms with Crippen molar-refractivity contribution in [1.29, 1.82) is 0 Å². The Morgan fingerprint density at radius 1 is 1.42 bits per heavy atom. The van der Waals surface area contributed by atoms with E-state index in [1.807, 2.05) is 0 Å². The average molecular weight is 279 g/mol. The van der Waals surface area contributed by atoms with Crippen molar-refractivity contribution in [2.45, 2.75) is 32.1 Å². The third-order valence-corrected chi connectivity index (χ3v) is 4.92. The number of rotatable bonds is 3. The molecule has 0 atom stereocenters. The molecular formula is C14H14FNO2S. The first-order valence-electron chi connectivity index (χ1n) is 6.37. The van der Waals surface area contributed by atoms with E-state index < -0.39 is 11.4 Å². The Kier molecular flexibility index (Phi) is 3.01. The molecule has 0 unspecified atom stereocenters. The van der Waals surface area contributed by atoms with Crippen molar-refractivity contribution >= 4 is 27.5 Å². The molecule has 1 fully saturated rings. The summed E-state index contributed by atoms with van der Waals surface area (Å²) in [6, 6.07) is 4.49. The fourth-order valence-electron chi connectivity index (χ4n) is 2.83. The molecule has 1 heterocycles. The van der Waals surface area contributed by atoms with Crippen LogP contribution in [0.3, 0.4) is 0 Å². The number of halogens is 1. The molecule has 1 aromatic carbocycles. The van der Waals surface area contributed by atoms with Crippen LogP contribution in [0.1, 0.15) is 30.7 Å². The van der Waals surface area contributed by atoms with Crippen LogP contribution in [0.25, 0.3) is 10.2 Å². The smallest absolute Gasteiger partial charge is 0.310 e. The van der Waals surface area contributed by atoms with Gasteiger partial charge in [-0.3, -0.25) is 4.79 Å². The SMILES string of the molecule is O=C(O)C1(Cc2nc3ccc(F)cc3s2)CCCC1. The number of carboxylic acids is 1. The lowest BCUT2D eigenvalue weighted by molar-refractivity contribution is -0.148. The summed E-state index contributed by atoms with van der Waals surface area (Å²) in [4.78, 5) is 15.9. The first kappa shape index (κ1) is 12.5. The van der Waals surface area contributed by atoms with Crippen LogP contribution in [0, 0.1) is 11.2 Å². The molecule has 5 heteroatoms. The molecule has 1 aliphatic carbocycles. The molecule has 19 heavy (non-hydrogen) atoms. The minimum Gasteiger partial charge on any atom is -0.481 e. The van der Waals surface area contributed by atoms with Crippen LogP contribution >= 0.6 is 11.3 Å². The van der Waals surface area contributed by atoms with Crippen molar-refractivity contribution in [2.24, 2.45) is 5.41 Å². The third-order valence-electron chi connectivity index (χ3n) is 3.90. The summed E-state index contributed by atoms with van der Waals surface area (Å²) < 4.78 is 13.9. The third kappa shape index (κ3) is 2.23. The molecule has 0 radical (unpaired) electrons. The summed E-state index contributed by atoms with van der Waals surface area (Å²) in [6.45, 7) is 0. The number of hydrogen-bond acceptors (Lipinski definition) is 3. The van der Waals surface area contributed by atoms with Gasteiger partial charge in [0.1, 0.15) is 5.82 Å². The molecule has 1 aliphatic rings. The Morgan fingerprint density at radius 2 is 2.16 bits per heavy atom. The summed E-state index contributed by atoms with van der Waals surface area (Å²) in [5.74, 6) is -1.01. The van der Waals surface area contributed by atoms with Gasteiger partial charge in [0.2, 0.25) is 0 Å². The van der Waals surface area contributed by atoms with Gasteiger partial charge in [-0.2, -0.15) is 0 Å². The van der Waals surface area contributed by atoms with Gasteiger partial charge in [-0.05, 0) is 31.0 Å². The fourth-order valence-corrected chi connectivity index (χ4v) is 3.97. The molecule has 1 aromatic heterocycles. The van der Waals surface area contributed by atoms with Crippen LogP contribution in [-0.4, -0.2) is 16.1 Å². The van der Waals surface area contributed by atoms with Gasteiger partial charge in [-0.15, -0.1) is 11.3 Å². The Balaban J connectivity index is 1.94. The quantitative estimate of drug-likeness (QED) is 0.933. The van der Waals surface area contributed by atoms with Gasteiger partial charge in [-0.1, -0.05) is 12.8 Å². The Labute approximate surface area is 114 Å². The molecule has 2 aromatic rings. The lowest BCUT2D eigenvalue weighted by atomic mass is 9.83. The Bertz CT molecular complexity index is 631. The number of carboxylic acid groups (broad SMARTS) is 1. The van der Waals surface area contributed by atoms with E-state index in [2.05, 4.69) is 4.98 Å². The van der Waals surface area contributed by atoms with Crippen molar-refractivity contribution in [3.8, 4) is 0 Å². The number of hydrogen-bond donors (Lipinski definition) is 1. The van der Waals surface area contributed by atoms with E-state index in [4.69, 9.17) is 0 Å². The van der Waals surface area contributed by atoms with Gasteiger partial charge in [0.25, 0.3) is 0 Å². The second-order valence-electron chi connectivity index (χ2n) is 5.19. The highest BCUT2D eigenvalue weighted by Gasteiger charge is 2.42. The van der Waals surface area contributed by atoms with Gasteiger partial charge in [0, 0.05) is 6.42 Å². The van der Waals surface area contributed by atoms with Crippen LogP contribution < -0.4 is 0 Å². The summed E-state index contributed by atoms with van der Waals surface area (Å²) in [5, 5.41) is 10.3. The predicted molar refractivity (Wildman–Crippen MR) is 71.8 cm³/mol. The van der Waals surface area contributed by atoms with Gasteiger partial charge < -0.3 is 5.11 Å². The summed E-state index contributed by atoms with van der Waals surface area (Å²) in [7, 11) is 0. The minimum absolute atomic E-state index is 0.281. The average Bonchev–Trinajstić information content (AvgIpc) is 2.96. The molecule has 100 valence electrons. The number of thiazole rings is 1. The maximum atomic E-state index is 13.1. The van der Waals surface area contributed by atoms with Crippen LogP contribution in [0.15, 0.2) is 18.2 Å². The first-order chi connectivity index (χ1) is 9.09. The molecule has 1 saturated carbocycles. The van der Waals surface area contributed by atoms with E-state index in [-0.39, 0.29) is 5.82 Å². The largest absolute Gasteiger partial charge is 0.481 e. The lowest BCUT2D eigenvalue weighted by Crippen LogP contribution is -2.30. The number of fused-ring (bicyclic) bond motifs is 1. The van der Waals surface area contributed by atoms with Gasteiger partial charge in [0.15, 0.2) is 0 Å². The van der Waals surface area contributed by atoms with Gasteiger partial charge in [0.05, 0.1) is 20.6 Å². The number of aromatic nitrogens is 1. The van der Waals surface area contributed by atoms with E-state index in [1.165, 1.54) is 23.5 Å². The first-order valence-corrected chi connectivity index (χ1v) is 7.19. The van der Waals surface area contributed by atoms with Crippen molar-refractivity contribution in [3.63, 3.8) is 0 Å². The Hall–Kier alpha value is -1.49. The van der Waals surface area contributed by atoms with E-state index in [0.717, 1.165) is 28.1 Å². The summed E-state index contributed by atoms with van der Waals surface area (Å²) in [6.07, 6.45) is 3.82. The topological polar surface area (TPSA) is 50.2 Å². The van der Waals surface area contributed by atoms with Crippen LogP contribution in [0.5, 0.6) is 0 Å². The molecule has 1 N–H and O–H groups in total. The number of aliphatic carboxylic acids is 1. The predicted octanol–water partition coefficient (Wildman–Crippen LogP) is 3.62. The standard InChI is InChI=1S/C14H14FNO2S/c15-9-3-4-10-11(7-9)19-12(16-10)8-14(13(17)18)5-1-2-6-14/h3-4,7H,1-2,5-6,8H2,(H,17,18). The highest BCUT2D eigenvalue weighted by atomic mass is 32.1. The van der Waals surface area contributed by atoms with Crippen molar-refractivity contribution in [3.05, 3.63) is 29.0 Å². The van der Waals surface area contributed by atoms with Crippen LogP contribution in [0.4, 0.5) is 4.39 Å². The van der Waals surface area contributed by atoms with Crippen LogP contribution in [0.2, 0.25) is 0 Å². The van der Waals surface area contributed by atoms with E-state index in [1.54, 1.807) is 6.07 Å². The Morgan fingerprint density at radius 3 is 2.84 bits per heavy atom. The summed E-state index contributed by atoms with van der Waals surface area (Å²) in [5.41, 5.74) is 0.0896. The molecule has 3 nitrogen and oxygen atoms in total.